The molecule has 0 aliphatic heterocycles. The van der Waals surface area contributed by atoms with Gasteiger partial charge in [-0.3, -0.25) is 0 Å². The van der Waals surface area contributed by atoms with Crippen LogP contribution in [0.5, 0.6) is 5.75 Å². The van der Waals surface area contributed by atoms with E-state index < -0.39 is 0 Å². The minimum atomic E-state index is -0.383. The average Bonchev–Trinajstić information content (AvgIpc) is 2.79. The molecule has 1 aromatic heterocycles. The molecule has 0 aliphatic rings. The quantitative estimate of drug-likeness (QED) is 0.837. The van der Waals surface area contributed by atoms with Crippen LogP contribution in [0.1, 0.15) is 5.89 Å². The maximum absolute atomic E-state index is 13.0. The van der Waals surface area contributed by atoms with Crippen molar-refractivity contribution >= 4 is 11.7 Å². The summed E-state index contributed by atoms with van der Waals surface area (Å²) < 4.78 is 23.3. The first-order valence-electron chi connectivity index (χ1n) is 5.36. The van der Waals surface area contributed by atoms with Crippen molar-refractivity contribution in [3.05, 3.63) is 29.9 Å². The van der Waals surface area contributed by atoms with Crippen LogP contribution in [0.4, 0.5) is 16.1 Å². The molecule has 0 radical (unpaired) electrons. The summed E-state index contributed by atoms with van der Waals surface area (Å²) in [6, 6.07) is 4.31. The van der Waals surface area contributed by atoms with Gasteiger partial charge in [0.25, 0.3) is 0 Å². The van der Waals surface area contributed by atoms with Gasteiger partial charge >= 0.3 is 6.01 Å². The van der Waals surface area contributed by atoms with Crippen LogP contribution in [0.25, 0.3) is 0 Å². The Morgan fingerprint density at radius 2 is 2.28 bits per heavy atom. The number of halogens is 1. The monoisotopic (exact) mass is 252 g/mol. The van der Waals surface area contributed by atoms with Crippen LogP contribution in [0.3, 0.4) is 0 Å². The molecule has 0 saturated carbocycles. The number of anilines is 2. The number of benzene rings is 1. The van der Waals surface area contributed by atoms with E-state index in [1.165, 1.54) is 25.3 Å². The molecule has 0 saturated heterocycles. The van der Waals surface area contributed by atoms with Gasteiger partial charge in [0.05, 0.1) is 12.8 Å². The molecule has 0 spiro atoms. The molecule has 0 unspecified atom stereocenters. The zero-order valence-corrected chi connectivity index (χ0v) is 9.81. The van der Waals surface area contributed by atoms with Crippen molar-refractivity contribution in [1.82, 2.24) is 10.2 Å². The molecule has 3 N–H and O–H groups in total. The highest BCUT2D eigenvalue weighted by Crippen LogP contribution is 2.27. The Bertz CT molecular complexity index is 530. The van der Waals surface area contributed by atoms with Crippen molar-refractivity contribution in [3.63, 3.8) is 0 Å². The number of aromatic nitrogens is 2. The Balaban J connectivity index is 2.17. The van der Waals surface area contributed by atoms with E-state index >= 15 is 0 Å². The first-order valence-corrected chi connectivity index (χ1v) is 5.36. The third-order valence-electron chi connectivity index (χ3n) is 2.23. The van der Waals surface area contributed by atoms with Gasteiger partial charge < -0.3 is 20.2 Å². The predicted molar refractivity (Wildman–Crippen MR) is 63.3 cm³/mol. The normalized spacial score (nSPS) is 10.4. The Morgan fingerprint density at radius 3 is 3.00 bits per heavy atom. The third kappa shape index (κ3) is 2.75. The van der Waals surface area contributed by atoms with Crippen LogP contribution in [-0.2, 0) is 6.42 Å². The maximum Gasteiger partial charge on any atom is 0.320 e. The Hall–Kier alpha value is -2.15. The van der Waals surface area contributed by atoms with E-state index in [1.54, 1.807) is 0 Å². The molecule has 1 heterocycles. The molecule has 0 bridgehead atoms. The fraction of sp³-hybridized carbons (Fsp3) is 0.273. The summed E-state index contributed by atoms with van der Waals surface area (Å²) in [5.41, 5.74) is 5.92. The minimum absolute atomic E-state index is 0.211. The van der Waals surface area contributed by atoms with Gasteiger partial charge in [-0.1, -0.05) is 5.10 Å². The highest BCUT2D eigenvalue weighted by Gasteiger charge is 2.09. The lowest BCUT2D eigenvalue weighted by molar-refractivity contribution is 0.413. The van der Waals surface area contributed by atoms with Crippen molar-refractivity contribution in [1.29, 1.82) is 0 Å². The molecule has 6 nitrogen and oxygen atoms in total. The standard InChI is InChI=1S/C11H13FN4O2/c1-17-9-6-7(12)2-3-8(9)14-11-16-15-10(18-11)4-5-13/h2-3,6H,4-5,13H2,1H3,(H,14,16). The number of methoxy groups -OCH3 is 1. The fourth-order valence-corrected chi connectivity index (χ4v) is 1.41. The fourth-order valence-electron chi connectivity index (χ4n) is 1.41. The average molecular weight is 252 g/mol. The largest absolute Gasteiger partial charge is 0.494 e. The van der Waals surface area contributed by atoms with Gasteiger partial charge in [-0.2, -0.15) is 0 Å². The molecule has 0 fully saturated rings. The van der Waals surface area contributed by atoms with Crippen LogP contribution in [0.2, 0.25) is 0 Å². The molecule has 96 valence electrons. The van der Waals surface area contributed by atoms with E-state index in [2.05, 4.69) is 15.5 Å². The number of nitrogens with zero attached hydrogens (tertiary/aromatic N) is 2. The molecule has 2 rings (SSSR count). The SMILES string of the molecule is COc1cc(F)ccc1Nc1nnc(CCN)o1. The number of nitrogens with two attached hydrogens (primary N) is 1. The second kappa shape index (κ2) is 5.46. The van der Waals surface area contributed by atoms with E-state index in [-0.39, 0.29) is 11.8 Å². The second-order valence-electron chi connectivity index (χ2n) is 3.51. The van der Waals surface area contributed by atoms with Gasteiger partial charge in [0, 0.05) is 19.0 Å². The number of rotatable bonds is 5. The van der Waals surface area contributed by atoms with Crippen molar-refractivity contribution in [2.75, 3.05) is 19.0 Å². The first-order chi connectivity index (χ1) is 8.72. The molecular formula is C11H13FN4O2. The van der Waals surface area contributed by atoms with Gasteiger partial charge in [-0.25, -0.2) is 4.39 Å². The van der Waals surface area contributed by atoms with Crippen molar-refractivity contribution in [2.24, 2.45) is 5.73 Å². The summed E-state index contributed by atoms with van der Waals surface area (Å²) in [6.07, 6.45) is 0.509. The van der Waals surface area contributed by atoms with E-state index in [0.29, 0.717) is 30.3 Å². The van der Waals surface area contributed by atoms with Crippen LogP contribution in [-0.4, -0.2) is 23.9 Å². The number of nitrogens with one attached hydrogen (secondary N) is 1. The lowest BCUT2D eigenvalue weighted by Gasteiger charge is -2.07. The third-order valence-corrected chi connectivity index (χ3v) is 2.23. The molecule has 2 aromatic rings. The maximum atomic E-state index is 13.0. The molecule has 18 heavy (non-hydrogen) atoms. The van der Waals surface area contributed by atoms with Crippen molar-refractivity contribution in [3.8, 4) is 5.75 Å². The Kier molecular flexibility index (Phi) is 3.73. The molecule has 0 aliphatic carbocycles. The predicted octanol–water partition coefficient (Wildman–Crippen LogP) is 1.46. The van der Waals surface area contributed by atoms with Crippen molar-refractivity contribution in [2.45, 2.75) is 6.42 Å². The summed E-state index contributed by atoms with van der Waals surface area (Å²) in [5, 5.41) is 10.5. The molecule has 0 atom stereocenters. The summed E-state index contributed by atoms with van der Waals surface area (Å²) in [5.74, 6) is 0.418. The highest BCUT2D eigenvalue weighted by atomic mass is 19.1. The molecule has 0 amide bonds. The van der Waals surface area contributed by atoms with Gasteiger partial charge in [0.15, 0.2) is 0 Å². The smallest absolute Gasteiger partial charge is 0.320 e. The van der Waals surface area contributed by atoms with E-state index in [4.69, 9.17) is 14.9 Å². The topological polar surface area (TPSA) is 86.2 Å². The van der Waals surface area contributed by atoms with E-state index in [1.807, 2.05) is 0 Å². The van der Waals surface area contributed by atoms with Crippen LogP contribution in [0, 0.1) is 5.82 Å². The van der Waals surface area contributed by atoms with E-state index in [0.717, 1.165) is 0 Å². The minimum Gasteiger partial charge on any atom is -0.494 e. The van der Waals surface area contributed by atoms with Gasteiger partial charge in [0.1, 0.15) is 11.6 Å². The lowest BCUT2D eigenvalue weighted by Crippen LogP contribution is -2.02. The zero-order chi connectivity index (χ0) is 13.0. The first kappa shape index (κ1) is 12.3. The van der Waals surface area contributed by atoms with E-state index in [9.17, 15) is 4.39 Å². The highest BCUT2D eigenvalue weighted by molar-refractivity contribution is 5.61. The summed E-state index contributed by atoms with van der Waals surface area (Å²) in [7, 11) is 1.45. The molecule has 1 aromatic carbocycles. The summed E-state index contributed by atoms with van der Waals surface area (Å²) >= 11 is 0. The van der Waals surface area contributed by atoms with Crippen LogP contribution in [0.15, 0.2) is 22.6 Å². The number of ether oxygens (including phenoxy) is 1. The second-order valence-corrected chi connectivity index (χ2v) is 3.51. The Labute approximate surface area is 103 Å². The van der Waals surface area contributed by atoms with Crippen LogP contribution < -0.4 is 15.8 Å². The van der Waals surface area contributed by atoms with Gasteiger partial charge in [-0.05, 0) is 12.1 Å². The number of hydrogen-bond donors (Lipinski definition) is 2. The lowest BCUT2D eigenvalue weighted by atomic mass is 10.3. The van der Waals surface area contributed by atoms with Crippen molar-refractivity contribution < 1.29 is 13.5 Å². The number of hydrogen-bond acceptors (Lipinski definition) is 6. The molecule has 7 heteroatoms. The molecular weight excluding hydrogens is 239 g/mol. The summed E-state index contributed by atoms with van der Waals surface area (Å²) in [6.45, 7) is 0.432. The van der Waals surface area contributed by atoms with Crippen LogP contribution >= 0.6 is 0 Å². The van der Waals surface area contributed by atoms with Gasteiger partial charge in [-0.15, -0.1) is 5.10 Å². The summed E-state index contributed by atoms with van der Waals surface area (Å²) in [4.78, 5) is 0. The Morgan fingerprint density at radius 1 is 1.44 bits per heavy atom. The zero-order valence-electron chi connectivity index (χ0n) is 9.81. The van der Waals surface area contributed by atoms with Gasteiger partial charge in [0.2, 0.25) is 5.89 Å².